The molecule has 0 spiro atoms. The Hall–Kier alpha value is -2.26. The standard InChI is InChI=1S/C19H25N3O4S/c1-26-17-8-2-14(3-9-17)12-21-19(23)22-16-6-4-15(5-7-16)18-13-27(24,25)11-10-20-18/h2-9,18,20,24-25H,10-13H2,1H3,(H2,21,22,23). The van der Waals surface area contributed by atoms with Crippen molar-refractivity contribution >= 4 is 22.3 Å². The number of methoxy groups -OCH3 is 1. The molecule has 3 rings (SSSR count). The monoisotopic (exact) mass is 391 g/mol. The van der Waals surface area contributed by atoms with Crippen molar-refractivity contribution in [2.24, 2.45) is 0 Å². The van der Waals surface area contributed by atoms with E-state index in [9.17, 15) is 13.9 Å². The molecule has 1 heterocycles. The summed E-state index contributed by atoms with van der Waals surface area (Å²) in [4.78, 5) is 12.1. The Kier molecular flexibility index (Phi) is 6.22. The number of rotatable bonds is 5. The number of anilines is 1. The maximum atomic E-state index is 12.1. The molecule has 1 aliphatic heterocycles. The van der Waals surface area contributed by atoms with Gasteiger partial charge in [0.1, 0.15) is 5.75 Å². The lowest BCUT2D eigenvalue weighted by Gasteiger charge is -2.40. The van der Waals surface area contributed by atoms with Crippen molar-refractivity contribution in [3.8, 4) is 5.75 Å². The fourth-order valence-electron chi connectivity index (χ4n) is 2.92. The maximum absolute atomic E-state index is 12.1. The Balaban J connectivity index is 1.50. The van der Waals surface area contributed by atoms with Crippen LogP contribution in [0.1, 0.15) is 17.2 Å². The van der Waals surface area contributed by atoms with E-state index in [0.717, 1.165) is 16.9 Å². The molecule has 1 fully saturated rings. The molecule has 1 atom stereocenters. The van der Waals surface area contributed by atoms with Gasteiger partial charge in [0.15, 0.2) is 0 Å². The molecule has 0 aromatic heterocycles. The van der Waals surface area contributed by atoms with Gasteiger partial charge in [0.05, 0.1) is 12.9 Å². The molecule has 0 saturated carbocycles. The minimum Gasteiger partial charge on any atom is -0.497 e. The van der Waals surface area contributed by atoms with Crippen molar-refractivity contribution in [1.29, 1.82) is 0 Å². The summed E-state index contributed by atoms with van der Waals surface area (Å²) in [6.07, 6.45) is 0. The first-order chi connectivity index (χ1) is 12.9. The van der Waals surface area contributed by atoms with Crippen LogP contribution in [-0.4, -0.2) is 40.3 Å². The Morgan fingerprint density at radius 3 is 2.52 bits per heavy atom. The zero-order chi connectivity index (χ0) is 19.3. The maximum Gasteiger partial charge on any atom is 0.319 e. The fraction of sp³-hybridized carbons (Fsp3) is 0.316. The first-order valence-electron chi connectivity index (χ1n) is 8.70. The third kappa shape index (κ3) is 5.61. The summed E-state index contributed by atoms with van der Waals surface area (Å²) in [6, 6.07) is 14.5. The van der Waals surface area contributed by atoms with Crippen LogP contribution in [0.2, 0.25) is 0 Å². The number of nitrogens with one attached hydrogen (secondary N) is 3. The summed E-state index contributed by atoms with van der Waals surface area (Å²) in [6.45, 7) is 0.999. The predicted molar refractivity (Wildman–Crippen MR) is 109 cm³/mol. The van der Waals surface area contributed by atoms with E-state index in [1.54, 1.807) is 7.11 Å². The van der Waals surface area contributed by atoms with Gasteiger partial charge < -0.3 is 20.7 Å². The summed E-state index contributed by atoms with van der Waals surface area (Å²) in [5.74, 6) is 1.50. The van der Waals surface area contributed by atoms with Crippen LogP contribution in [0.25, 0.3) is 0 Å². The molecular weight excluding hydrogens is 366 g/mol. The topological polar surface area (TPSA) is 103 Å². The largest absolute Gasteiger partial charge is 0.497 e. The molecule has 27 heavy (non-hydrogen) atoms. The van der Waals surface area contributed by atoms with Gasteiger partial charge >= 0.3 is 6.03 Å². The number of urea groups is 1. The number of amides is 2. The molecule has 8 heteroatoms. The van der Waals surface area contributed by atoms with Crippen molar-refractivity contribution in [1.82, 2.24) is 10.6 Å². The van der Waals surface area contributed by atoms with Gasteiger partial charge in [0.25, 0.3) is 0 Å². The van der Waals surface area contributed by atoms with E-state index >= 15 is 0 Å². The van der Waals surface area contributed by atoms with Crippen molar-refractivity contribution in [3.63, 3.8) is 0 Å². The number of hydrogen-bond donors (Lipinski definition) is 5. The molecule has 146 valence electrons. The first kappa shape index (κ1) is 19.5. The summed E-state index contributed by atoms with van der Waals surface area (Å²) in [5.41, 5.74) is 2.62. The summed E-state index contributed by atoms with van der Waals surface area (Å²) < 4.78 is 24.9. The lowest BCUT2D eigenvalue weighted by atomic mass is 10.1. The molecular formula is C19H25N3O4S. The predicted octanol–water partition coefficient (Wildman–Crippen LogP) is 3.41. The smallest absolute Gasteiger partial charge is 0.319 e. The normalized spacial score (nSPS) is 19.7. The Bertz CT molecular complexity index is 766. The van der Waals surface area contributed by atoms with Crippen LogP contribution in [0, 0.1) is 0 Å². The average Bonchev–Trinajstić information content (AvgIpc) is 2.66. The number of carbonyl (C=O) groups excluding carboxylic acids is 1. The molecule has 2 aromatic rings. The van der Waals surface area contributed by atoms with Gasteiger partial charge in [-0.15, -0.1) is 0 Å². The van der Waals surface area contributed by atoms with Gasteiger partial charge in [-0.05, 0) is 35.4 Å². The second kappa shape index (κ2) is 8.62. The zero-order valence-electron chi connectivity index (χ0n) is 15.1. The summed E-state index contributed by atoms with van der Waals surface area (Å²) >= 11 is 0. The number of benzene rings is 2. The summed E-state index contributed by atoms with van der Waals surface area (Å²) in [7, 11) is -0.885. The van der Waals surface area contributed by atoms with Crippen molar-refractivity contribution in [2.45, 2.75) is 12.6 Å². The van der Waals surface area contributed by atoms with Crippen molar-refractivity contribution in [2.75, 3.05) is 30.5 Å². The van der Waals surface area contributed by atoms with Crippen LogP contribution >= 0.6 is 10.6 Å². The van der Waals surface area contributed by atoms with Gasteiger partial charge in [0.2, 0.25) is 0 Å². The average molecular weight is 391 g/mol. The van der Waals surface area contributed by atoms with Crippen LogP contribution in [-0.2, 0) is 6.54 Å². The van der Waals surface area contributed by atoms with E-state index in [0.29, 0.717) is 30.3 Å². The Morgan fingerprint density at radius 1 is 1.19 bits per heavy atom. The lowest BCUT2D eigenvalue weighted by Crippen LogP contribution is -2.36. The highest BCUT2D eigenvalue weighted by Crippen LogP contribution is 2.44. The molecule has 0 bridgehead atoms. The number of ether oxygens (including phenoxy) is 1. The molecule has 1 aliphatic rings. The van der Waals surface area contributed by atoms with Crippen LogP contribution in [0.15, 0.2) is 48.5 Å². The first-order valence-corrected chi connectivity index (χ1v) is 10.6. The van der Waals surface area contributed by atoms with E-state index < -0.39 is 10.6 Å². The van der Waals surface area contributed by atoms with Crippen molar-refractivity contribution < 1.29 is 18.6 Å². The van der Waals surface area contributed by atoms with Crippen LogP contribution in [0.5, 0.6) is 5.75 Å². The molecule has 1 unspecified atom stereocenters. The molecule has 0 radical (unpaired) electrons. The van der Waals surface area contributed by atoms with E-state index in [2.05, 4.69) is 16.0 Å². The molecule has 5 N–H and O–H groups in total. The fourth-order valence-corrected chi connectivity index (χ4v) is 4.38. The van der Waals surface area contributed by atoms with E-state index in [4.69, 9.17) is 4.74 Å². The quantitative estimate of drug-likeness (QED) is 0.537. The Labute approximate surface area is 160 Å². The third-order valence-electron chi connectivity index (χ3n) is 4.44. The van der Waals surface area contributed by atoms with Gasteiger partial charge in [-0.25, -0.2) is 4.79 Å². The number of hydrogen-bond acceptors (Lipinski definition) is 5. The Morgan fingerprint density at radius 2 is 1.89 bits per heavy atom. The van der Waals surface area contributed by atoms with Crippen LogP contribution in [0.4, 0.5) is 10.5 Å². The molecule has 2 amide bonds. The molecule has 7 nitrogen and oxygen atoms in total. The van der Waals surface area contributed by atoms with Crippen LogP contribution < -0.4 is 20.7 Å². The third-order valence-corrected chi connectivity index (χ3v) is 6.16. The molecule has 1 saturated heterocycles. The van der Waals surface area contributed by atoms with Gasteiger partial charge in [-0.2, -0.15) is 10.6 Å². The van der Waals surface area contributed by atoms with Gasteiger partial charge in [-0.1, -0.05) is 24.3 Å². The lowest BCUT2D eigenvalue weighted by molar-refractivity contribution is 0.251. The van der Waals surface area contributed by atoms with Crippen molar-refractivity contribution in [3.05, 3.63) is 59.7 Å². The van der Waals surface area contributed by atoms with E-state index in [1.807, 2.05) is 48.5 Å². The van der Waals surface area contributed by atoms with Gasteiger partial charge in [0, 0.05) is 30.6 Å². The van der Waals surface area contributed by atoms with Crippen LogP contribution in [0.3, 0.4) is 0 Å². The number of carbonyl (C=O) groups is 1. The second-order valence-electron chi connectivity index (χ2n) is 6.46. The minimum absolute atomic E-state index is 0.0818. The minimum atomic E-state index is -2.50. The molecule has 0 aliphatic carbocycles. The highest BCUT2D eigenvalue weighted by atomic mass is 32.3. The highest BCUT2D eigenvalue weighted by Gasteiger charge is 2.25. The molecule has 2 aromatic carbocycles. The van der Waals surface area contributed by atoms with E-state index in [-0.39, 0.29) is 12.1 Å². The summed E-state index contributed by atoms with van der Waals surface area (Å²) in [5, 5.41) is 8.89. The zero-order valence-corrected chi connectivity index (χ0v) is 16.0. The SMILES string of the molecule is COc1ccc(CNC(=O)Nc2ccc(C3CS(O)(O)CCN3)cc2)cc1. The van der Waals surface area contributed by atoms with E-state index in [1.165, 1.54) is 0 Å². The van der Waals surface area contributed by atoms with Gasteiger partial charge in [-0.3, -0.25) is 9.11 Å². The highest BCUT2D eigenvalue weighted by molar-refractivity contribution is 8.24. The second-order valence-corrected chi connectivity index (χ2v) is 8.80.